The summed E-state index contributed by atoms with van der Waals surface area (Å²) in [5.41, 5.74) is 0. The summed E-state index contributed by atoms with van der Waals surface area (Å²) in [6.45, 7) is 1.74. The van der Waals surface area contributed by atoms with E-state index in [1.54, 1.807) is 6.20 Å². The molecule has 1 N–H and O–H groups in total. The molecule has 1 aliphatic rings. The highest BCUT2D eigenvalue weighted by Crippen LogP contribution is 2.28. The van der Waals surface area contributed by atoms with Gasteiger partial charge in [0.1, 0.15) is 6.10 Å². The average Bonchev–Trinajstić information content (AvgIpc) is 2.85. The van der Waals surface area contributed by atoms with E-state index in [4.69, 9.17) is 9.15 Å². The first-order valence-electron chi connectivity index (χ1n) is 5.11. The Balaban J connectivity index is 1.94. The molecule has 1 unspecified atom stereocenters. The lowest BCUT2D eigenvalue weighted by atomic mass is 10.2. The summed E-state index contributed by atoms with van der Waals surface area (Å²) in [5, 5.41) is 3.06. The fourth-order valence-electron chi connectivity index (χ4n) is 1.62. The molecule has 78 valence electrons. The van der Waals surface area contributed by atoms with Crippen LogP contribution < -0.4 is 5.32 Å². The molecule has 2 heterocycles. The molecule has 0 radical (unpaired) electrons. The highest BCUT2D eigenvalue weighted by atomic mass is 16.5. The van der Waals surface area contributed by atoms with Gasteiger partial charge in [-0.25, -0.2) is 4.98 Å². The van der Waals surface area contributed by atoms with Crippen LogP contribution in [0.5, 0.6) is 0 Å². The van der Waals surface area contributed by atoms with Gasteiger partial charge in [0.05, 0.1) is 6.20 Å². The van der Waals surface area contributed by atoms with Gasteiger partial charge in [-0.3, -0.25) is 0 Å². The second-order valence-corrected chi connectivity index (χ2v) is 3.51. The predicted octanol–water partition coefficient (Wildman–Crippen LogP) is 1.29. The van der Waals surface area contributed by atoms with Crippen molar-refractivity contribution in [2.75, 3.05) is 20.2 Å². The molecule has 1 saturated heterocycles. The zero-order valence-electron chi connectivity index (χ0n) is 8.45. The van der Waals surface area contributed by atoms with Crippen LogP contribution in [-0.4, -0.2) is 25.2 Å². The molecule has 1 atom stereocenters. The molecular formula is C10H16N2O2. The van der Waals surface area contributed by atoms with Gasteiger partial charge in [-0.15, -0.1) is 0 Å². The summed E-state index contributed by atoms with van der Waals surface area (Å²) >= 11 is 0. The van der Waals surface area contributed by atoms with E-state index in [1.165, 1.54) is 0 Å². The Bertz CT molecular complexity index is 279. The van der Waals surface area contributed by atoms with Crippen molar-refractivity contribution in [2.24, 2.45) is 0 Å². The maximum absolute atomic E-state index is 5.59. The van der Waals surface area contributed by atoms with Crippen molar-refractivity contribution >= 4 is 0 Å². The quantitative estimate of drug-likeness (QED) is 0.788. The molecular weight excluding hydrogens is 180 g/mol. The lowest BCUT2D eigenvalue weighted by Gasteiger charge is -2.03. The zero-order chi connectivity index (χ0) is 9.80. The van der Waals surface area contributed by atoms with Crippen LogP contribution in [0.3, 0.4) is 0 Å². The third-order valence-corrected chi connectivity index (χ3v) is 2.41. The van der Waals surface area contributed by atoms with Crippen LogP contribution in [0.4, 0.5) is 0 Å². The van der Waals surface area contributed by atoms with Crippen molar-refractivity contribution in [1.82, 2.24) is 10.3 Å². The van der Waals surface area contributed by atoms with Crippen molar-refractivity contribution in [3.63, 3.8) is 0 Å². The number of likely N-dealkylation sites (N-methyl/N-ethyl adjacent to an activating group) is 1. The van der Waals surface area contributed by atoms with E-state index in [2.05, 4.69) is 10.3 Å². The predicted molar refractivity (Wildman–Crippen MR) is 52.1 cm³/mol. The number of oxazole rings is 1. The largest absolute Gasteiger partial charge is 0.443 e. The molecule has 0 amide bonds. The Morgan fingerprint density at radius 1 is 1.64 bits per heavy atom. The van der Waals surface area contributed by atoms with E-state index >= 15 is 0 Å². The van der Waals surface area contributed by atoms with Gasteiger partial charge < -0.3 is 14.5 Å². The molecule has 14 heavy (non-hydrogen) atoms. The lowest BCUT2D eigenvalue weighted by Crippen LogP contribution is -2.10. The van der Waals surface area contributed by atoms with Crippen LogP contribution in [0.2, 0.25) is 0 Å². The topological polar surface area (TPSA) is 47.3 Å². The highest BCUT2D eigenvalue weighted by Gasteiger charge is 2.21. The summed E-state index contributed by atoms with van der Waals surface area (Å²) < 4.78 is 11.1. The number of aromatic nitrogens is 1. The Morgan fingerprint density at radius 2 is 2.57 bits per heavy atom. The van der Waals surface area contributed by atoms with Crippen molar-refractivity contribution in [3.05, 3.63) is 17.8 Å². The molecule has 1 fully saturated rings. The number of nitrogens with zero attached hydrogens (tertiary/aromatic N) is 1. The number of nitrogens with one attached hydrogen (secondary N) is 1. The van der Waals surface area contributed by atoms with E-state index in [1.807, 2.05) is 7.05 Å². The standard InChI is InChI=1S/C10H16N2O2/c1-11-5-4-10-12-7-9(14-10)8-3-2-6-13-8/h7-8,11H,2-6H2,1H3. The highest BCUT2D eigenvalue weighted by molar-refractivity contribution is 5.00. The number of rotatable bonds is 4. The van der Waals surface area contributed by atoms with Crippen molar-refractivity contribution in [1.29, 1.82) is 0 Å². The molecule has 1 aliphatic heterocycles. The van der Waals surface area contributed by atoms with Crippen LogP contribution in [0.25, 0.3) is 0 Å². The normalized spacial score (nSPS) is 21.6. The lowest BCUT2D eigenvalue weighted by molar-refractivity contribution is 0.0925. The van der Waals surface area contributed by atoms with Gasteiger partial charge in [0.2, 0.25) is 0 Å². The summed E-state index contributed by atoms with van der Waals surface area (Å²) in [5.74, 6) is 1.68. The van der Waals surface area contributed by atoms with Gasteiger partial charge in [-0.2, -0.15) is 0 Å². The van der Waals surface area contributed by atoms with Crippen molar-refractivity contribution < 1.29 is 9.15 Å². The molecule has 1 aromatic rings. The summed E-state index contributed by atoms with van der Waals surface area (Å²) in [7, 11) is 1.92. The van der Waals surface area contributed by atoms with Gasteiger partial charge in [0.25, 0.3) is 0 Å². The molecule has 1 aromatic heterocycles. The van der Waals surface area contributed by atoms with Gasteiger partial charge in [0.15, 0.2) is 11.7 Å². The molecule has 0 bridgehead atoms. The molecule has 0 aromatic carbocycles. The van der Waals surface area contributed by atoms with Crippen LogP contribution in [0, 0.1) is 0 Å². The van der Waals surface area contributed by atoms with E-state index in [9.17, 15) is 0 Å². The number of hydrogen-bond acceptors (Lipinski definition) is 4. The van der Waals surface area contributed by atoms with Crippen molar-refractivity contribution in [3.8, 4) is 0 Å². The molecule has 0 aliphatic carbocycles. The fourth-order valence-corrected chi connectivity index (χ4v) is 1.62. The van der Waals surface area contributed by atoms with E-state index in [-0.39, 0.29) is 6.10 Å². The van der Waals surface area contributed by atoms with Crippen LogP contribution >= 0.6 is 0 Å². The Hall–Kier alpha value is -0.870. The minimum Gasteiger partial charge on any atom is -0.443 e. The molecule has 0 saturated carbocycles. The minimum absolute atomic E-state index is 0.144. The minimum atomic E-state index is 0.144. The molecule has 2 rings (SSSR count). The van der Waals surface area contributed by atoms with E-state index in [0.717, 1.165) is 44.1 Å². The van der Waals surface area contributed by atoms with Crippen LogP contribution in [-0.2, 0) is 11.2 Å². The first-order chi connectivity index (χ1) is 6.90. The first-order valence-corrected chi connectivity index (χ1v) is 5.11. The average molecular weight is 196 g/mol. The zero-order valence-corrected chi connectivity index (χ0v) is 8.45. The van der Waals surface area contributed by atoms with Crippen LogP contribution in [0.1, 0.15) is 30.6 Å². The Kier molecular flexibility index (Phi) is 3.16. The number of ether oxygens (including phenoxy) is 1. The Morgan fingerprint density at radius 3 is 3.29 bits per heavy atom. The maximum atomic E-state index is 5.59. The molecule has 4 nitrogen and oxygen atoms in total. The fraction of sp³-hybridized carbons (Fsp3) is 0.700. The molecule has 0 spiro atoms. The van der Waals surface area contributed by atoms with Gasteiger partial charge in [0, 0.05) is 19.6 Å². The second kappa shape index (κ2) is 4.57. The van der Waals surface area contributed by atoms with Gasteiger partial charge in [-0.05, 0) is 19.9 Å². The summed E-state index contributed by atoms with van der Waals surface area (Å²) in [4.78, 5) is 4.21. The monoisotopic (exact) mass is 196 g/mol. The maximum Gasteiger partial charge on any atom is 0.195 e. The smallest absolute Gasteiger partial charge is 0.195 e. The van der Waals surface area contributed by atoms with Crippen molar-refractivity contribution in [2.45, 2.75) is 25.4 Å². The molecule has 4 heteroatoms. The SMILES string of the molecule is CNCCc1ncc(C2CCCO2)o1. The Labute approximate surface area is 83.7 Å². The summed E-state index contributed by atoms with van der Waals surface area (Å²) in [6.07, 6.45) is 4.95. The number of hydrogen-bond donors (Lipinski definition) is 1. The van der Waals surface area contributed by atoms with E-state index in [0.29, 0.717) is 0 Å². The first kappa shape index (κ1) is 9.68. The van der Waals surface area contributed by atoms with Gasteiger partial charge >= 0.3 is 0 Å². The third kappa shape index (κ3) is 2.13. The van der Waals surface area contributed by atoms with E-state index < -0.39 is 0 Å². The van der Waals surface area contributed by atoms with Gasteiger partial charge in [-0.1, -0.05) is 0 Å². The summed E-state index contributed by atoms with van der Waals surface area (Å²) in [6, 6.07) is 0. The second-order valence-electron chi connectivity index (χ2n) is 3.51. The van der Waals surface area contributed by atoms with Crippen LogP contribution in [0.15, 0.2) is 10.6 Å². The third-order valence-electron chi connectivity index (χ3n) is 2.41.